The molecule has 180 valence electrons. The molecule has 0 aliphatic carbocycles. The molecule has 0 amide bonds. The third kappa shape index (κ3) is 7.80. The summed E-state index contributed by atoms with van der Waals surface area (Å²) in [5, 5.41) is 16.3. The Bertz CT molecular complexity index is 972. The Labute approximate surface area is 209 Å². The number of hydrogen-bond acceptors (Lipinski definition) is 2. The monoisotopic (exact) mass is 511 g/mol. The lowest BCUT2D eigenvalue weighted by atomic mass is 9.94. The minimum atomic E-state index is -0.482. The van der Waals surface area contributed by atoms with Crippen LogP contribution < -0.4 is 0 Å². The zero-order valence-corrected chi connectivity index (χ0v) is 22.2. The second-order valence-corrected chi connectivity index (χ2v) is 10.4. The molecule has 0 fully saturated rings. The standard InChI is InChI=1S/C30H42BrNO/c1-3-5-7-9-13-19-32(20-14-10-8-6-4-2)23-30(33)29-21-24-15-11-12-16-26(24)28-22-25(31)17-18-27(28)29/h11-12,15-18,21-22,30,33H,3-10,13-14,19-20,23H2,1-2H3/t30-/m1/s1. The van der Waals surface area contributed by atoms with Crippen LogP contribution in [0.3, 0.4) is 0 Å². The normalized spacial score (nSPS) is 12.8. The van der Waals surface area contributed by atoms with Crippen molar-refractivity contribution in [3.8, 4) is 0 Å². The molecular formula is C30H42BrNO. The molecule has 0 bridgehead atoms. The third-order valence-corrected chi connectivity index (χ3v) is 7.29. The second-order valence-electron chi connectivity index (χ2n) is 9.52. The summed E-state index contributed by atoms with van der Waals surface area (Å²) in [5.41, 5.74) is 1.05. The molecule has 0 heterocycles. The van der Waals surface area contributed by atoms with Crippen LogP contribution in [0.25, 0.3) is 21.5 Å². The van der Waals surface area contributed by atoms with Crippen LogP contribution in [0, 0.1) is 0 Å². The number of benzene rings is 3. The van der Waals surface area contributed by atoms with Crippen LogP contribution >= 0.6 is 15.9 Å². The van der Waals surface area contributed by atoms with Gasteiger partial charge in [0.15, 0.2) is 0 Å². The molecule has 2 nitrogen and oxygen atoms in total. The van der Waals surface area contributed by atoms with Crippen molar-refractivity contribution in [1.82, 2.24) is 4.90 Å². The number of rotatable bonds is 15. The highest BCUT2D eigenvalue weighted by Crippen LogP contribution is 2.34. The largest absolute Gasteiger partial charge is 0.387 e. The fourth-order valence-corrected chi connectivity index (χ4v) is 5.26. The Kier molecular flexibility index (Phi) is 11.2. The molecule has 0 saturated heterocycles. The number of aliphatic hydroxyl groups excluding tert-OH is 1. The van der Waals surface area contributed by atoms with E-state index in [0.717, 1.165) is 28.5 Å². The number of halogens is 1. The van der Waals surface area contributed by atoms with E-state index in [1.807, 2.05) is 0 Å². The van der Waals surface area contributed by atoms with Crippen molar-refractivity contribution < 1.29 is 5.11 Å². The SMILES string of the molecule is CCCCCCCN(CCCCCCC)C[C@@H](O)c1cc2ccccc2c2cc(Br)ccc12. The molecule has 0 radical (unpaired) electrons. The third-order valence-electron chi connectivity index (χ3n) is 6.80. The summed E-state index contributed by atoms with van der Waals surface area (Å²) in [4.78, 5) is 2.52. The minimum Gasteiger partial charge on any atom is -0.387 e. The maximum atomic E-state index is 11.4. The summed E-state index contributed by atoms with van der Waals surface area (Å²) in [6, 6.07) is 17.2. The van der Waals surface area contributed by atoms with E-state index in [1.165, 1.54) is 80.4 Å². The van der Waals surface area contributed by atoms with E-state index in [9.17, 15) is 5.11 Å². The first kappa shape index (κ1) is 26.2. The Morgan fingerprint density at radius 2 is 1.36 bits per heavy atom. The Balaban J connectivity index is 1.76. The number of nitrogens with zero attached hydrogens (tertiary/aromatic N) is 1. The molecule has 3 aromatic rings. The first-order valence-electron chi connectivity index (χ1n) is 13.1. The Hall–Kier alpha value is -1.42. The lowest BCUT2D eigenvalue weighted by Gasteiger charge is -2.26. The fourth-order valence-electron chi connectivity index (χ4n) is 4.90. The molecule has 0 aliphatic rings. The van der Waals surface area contributed by atoms with Gasteiger partial charge in [-0.15, -0.1) is 0 Å². The number of aliphatic hydroxyl groups is 1. The van der Waals surface area contributed by atoms with Gasteiger partial charge in [-0.2, -0.15) is 0 Å². The fraction of sp³-hybridized carbons (Fsp3) is 0.533. The van der Waals surface area contributed by atoms with E-state index in [-0.39, 0.29) is 0 Å². The van der Waals surface area contributed by atoms with E-state index < -0.39 is 6.10 Å². The molecule has 1 N–H and O–H groups in total. The zero-order valence-electron chi connectivity index (χ0n) is 20.7. The van der Waals surface area contributed by atoms with Gasteiger partial charge in [0.2, 0.25) is 0 Å². The van der Waals surface area contributed by atoms with Gasteiger partial charge in [0, 0.05) is 11.0 Å². The second kappa shape index (κ2) is 14.1. The van der Waals surface area contributed by atoms with Gasteiger partial charge in [0.25, 0.3) is 0 Å². The van der Waals surface area contributed by atoms with E-state index in [1.54, 1.807) is 0 Å². The van der Waals surface area contributed by atoms with E-state index >= 15 is 0 Å². The summed E-state index contributed by atoms with van der Waals surface area (Å²) in [5.74, 6) is 0. The van der Waals surface area contributed by atoms with Crippen LogP contribution in [0.4, 0.5) is 0 Å². The van der Waals surface area contributed by atoms with E-state index in [2.05, 4.69) is 83.2 Å². The Morgan fingerprint density at radius 1 is 0.727 bits per heavy atom. The van der Waals surface area contributed by atoms with Gasteiger partial charge in [0.1, 0.15) is 0 Å². The average molecular weight is 513 g/mol. The van der Waals surface area contributed by atoms with Gasteiger partial charge in [-0.3, -0.25) is 0 Å². The summed E-state index contributed by atoms with van der Waals surface area (Å²) in [6.45, 7) is 7.43. The smallest absolute Gasteiger partial charge is 0.0923 e. The van der Waals surface area contributed by atoms with Crippen LogP contribution in [0.1, 0.15) is 89.7 Å². The lowest BCUT2D eigenvalue weighted by molar-refractivity contribution is 0.111. The lowest BCUT2D eigenvalue weighted by Crippen LogP contribution is -2.31. The zero-order chi connectivity index (χ0) is 23.5. The number of hydrogen-bond donors (Lipinski definition) is 1. The first-order chi connectivity index (χ1) is 16.1. The van der Waals surface area contributed by atoms with Crippen molar-refractivity contribution >= 4 is 37.5 Å². The highest BCUT2D eigenvalue weighted by atomic mass is 79.9. The molecule has 0 aliphatic heterocycles. The number of fused-ring (bicyclic) bond motifs is 3. The van der Waals surface area contributed by atoms with Gasteiger partial charge >= 0.3 is 0 Å². The van der Waals surface area contributed by atoms with Crippen molar-refractivity contribution in [1.29, 1.82) is 0 Å². The van der Waals surface area contributed by atoms with Crippen molar-refractivity contribution in [3.63, 3.8) is 0 Å². The van der Waals surface area contributed by atoms with Gasteiger partial charge < -0.3 is 10.0 Å². The van der Waals surface area contributed by atoms with Crippen LogP contribution in [0.15, 0.2) is 53.0 Å². The van der Waals surface area contributed by atoms with Crippen molar-refractivity contribution in [3.05, 3.63) is 58.6 Å². The van der Waals surface area contributed by atoms with Crippen molar-refractivity contribution in [2.75, 3.05) is 19.6 Å². The molecule has 33 heavy (non-hydrogen) atoms. The van der Waals surface area contributed by atoms with E-state index in [0.29, 0.717) is 6.54 Å². The molecule has 3 heteroatoms. The van der Waals surface area contributed by atoms with Crippen molar-refractivity contribution in [2.24, 2.45) is 0 Å². The van der Waals surface area contributed by atoms with Gasteiger partial charge in [-0.05, 0) is 71.2 Å². The van der Waals surface area contributed by atoms with Crippen LogP contribution in [-0.2, 0) is 0 Å². The number of unbranched alkanes of at least 4 members (excludes halogenated alkanes) is 8. The van der Waals surface area contributed by atoms with Gasteiger partial charge in [0.05, 0.1) is 6.10 Å². The van der Waals surface area contributed by atoms with Gasteiger partial charge in [-0.1, -0.05) is 111 Å². The summed E-state index contributed by atoms with van der Waals surface area (Å²) in [6.07, 6.45) is 12.4. The maximum absolute atomic E-state index is 11.4. The van der Waals surface area contributed by atoms with Crippen molar-refractivity contribution in [2.45, 2.75) is 84.2 Å². The van der Waals surface area contributed by atoms with Crippen LogP contribution in [0.2, 0.25) is 0 Å². The predicted molar refractivity (Wildman–Crippen MR) is 148 cm³/mol. The topological polar surface area (TPSA) is 23.5 Å². The Morgan fingerprint density at radius 3 is 2.03 bits per heavy atom. The maximum Gasteiger partial charge on any atom is 0.0923 e. The molecule has 0 spiro atoms. The molecule has 1 atom stereocenters. The molecule has 0 aromatic heterocycles. The van der Waals surface area contributed by atoms with Gasteiger partial charge in [-0.25, -0.2) is 0 Å². The molecule has 0 saturated carbocycles. The van der Waals surface area contributed by atoms with E-state index in [4.69, 9.17) is 0 Å². The quantitative estimate of drug-likeness (QED) is 0.162. The molecule has 3 rings (SSSR count). The summed E-state index contributed by atoms with van der Waals surface area (Å²) >= 11 is 3.64. The average Bonchev–Trinajstić information content (AvgIpc) is 2.82. The molecular weight excluding hydrogens is 470 g/mol. The molecule has 3 aromatic carbocycles. The predicted octanol–water partition coefficient (Wildman–Crippen LogP) is 9.03. The van der Waals surface area contributed by atoms with Crippen LogP contribution in [-0.4, -0.2) is 29.6 Å². The minimum absolute atomic E-state index is 0.482. The highest BCUT2D eigenvalue weighted by Gasteiger charge is 2.17. The molecule has 0 unspecified atom stereocenters. The summed E-state index contributed by atoms with van der Waals surface area (Å²) < 4.78 is 1.08. The first-order valence-corrected chi connectivity index (χ1v) is 13.9. The van der Waals surface area contributed by atoms with Crippen LogP contribution in [0.5, 0.6) is 0 Å². The highest BCUT2D eigenvalue weighted by molar-refractivity contribution is 9.10. The summed E-state index contributed by atoms with van der Waals surface area (Å²) in [7, 11) is 0.